The molecule has 1 aliphatic carbocycles. The van der Waals surface area contributed by atoms with Crippen molar-refractivity contribution in [3.05, 3.63) is 52.0 Å². The number of halogens is 2. The fraction of sp³-hybridized carbons (Fsp3) is 0.304. The fourth-order valence-corrected chi connectivity index (χ4v) is 6.25. The number of carbonyl (C=O) groups is 2. The fourth-order valence-electron chi connectivity index (χ4n) is 4.20. The Morgan fingerprint density at radius 3 is 2.48 bits per heavy atom. The Bertz CT molecular complexity index is 1340. The van der Waals surface area contributed by atoms with Crippen LogP contribution >= 0.6 is 23.2 Å². The number of benzene rings is 2. The van der Waals surface area contributed by atoms with Gasteiger partial charge in [0, 0.05) is 17.0 Å². The molecule has 1 fully saturated rings. The van der Waals surface area contributed by atoms with Crippen LogP contribution in [0, 0.1) is 0 Å². The molecule has 1 aliphatic rings. The Morgan fingerprint density at radius 2 is 1.79 bits per heavy atom. The van der Waals surface area contributed by atoms with Crippen molar-refractivity contribution in [1.82, 2.24) is 9.71 Å². The Hall–Kier alpha value is -2.39. The molecule has 0 aliphatic heterocycles. The first-order chi connectivity index (χ1) is 15.7. The maximum absolute atomic E-state index is 13.1. The average Bonchev–Trinajstić information content (AvgIpc) is 3.19. The van der Waals surface area contributed by atoms with Crippen LogP contribution in [0.2, 0.25) is 10.0 Å². The predicted molar refractivity (Wildman–Crippen MR) is 127 cm³/mol. The van der Waals surface area contributed by atoms with Gasteiger partial charge in [0.25, 0.3) is 5.78 Å². The van der Waals surface area contributed by atoms with E-state index >= 15 is 0 Å². The molecule has 0 unspecified atom stereocenters. The van der Waals surface area contributed by atoms with Gasteiger partial charge >= 0.3 is 5.97 Å². The van der Waals surface area contributed by atoms with Crippen LogP contribution in [0.1, 0.15) is 42.5 Å². The topological polar surface area (TPSA) is 105 Å². The average molecular weight is 509 g/mol. The van der Waals surface area contributed by atoms with Crippen LogP contribution in [-0.2, 0) is 19.6 Å². The second kappa shape index (κ2) is 9.46. The van der Waals surface area contributed by atoms with E-state index in [0.29, 0.717) is 21.5 Å². The van der Waals surface area contributed by atoms with Crippen LogP contribution in [-0.4, -0.2) is 38.3 Å². The lowest BCUT2D eigenvalue weighted by molar-refractivity contribution is -0.135. The van der Waals surface area contributed by atoms with E-state index in [0.717, 1.165) is 39.2 Å². The minimum absolute atomic E-state index is 0.0465. The molecule has 4 rings (SSSR count). The van der Waals surface area contributed by atoms with Gasteiger partial charge in [-0.2, -0.15) is 0 Å². The number of ether oxygens (including phenoxy) is 1. The number of aromatic amines is 1. The Balaban J connectivity index is 1.85. The minimum Gasteiger partial charge on any atom is -0.463 e. The summed E-state index contributed by atoms with van der Waals surface area (Å²) in [6.07, 6.45) is 4.57. The first-order valence-electron chi connectivity index (χ1n) is 10.5. The zero-order chi connectivity index (χ0) is 23.8. The summed E-state index contributed by atoms with van der Waals surface area (Å²) in [4.78, 5) is 27.9. The number of H-pyrrole nitrogens is 1. The molecular weight excluding hydrogens is 487 g/mol. The summed E-state index contributed by atoms with van der Waals surface area (Å²) in [5.41, 5.74) is 1.11. The molecule has 1 aromatic heterocycles. The molecule has 0 atom stereocenters. The summed E-state index contributed by atoms with van der Waals surface area (Å²) in [5.74, 6) is -1.92. The first-order valence-corrected chi connectivity index (χ1v) is 12.7. The van der Waals surface area contributed by atoms with Crippen molar-refractivity contribution < 1.29 is 22.7 Å². The Labute approximate surface area is 201 Å². The lowest BCUT2D eigenvalue weighted by Gasteiger charge is -2.23. The molecule has 0 radical (unpaired) electrons. The number of aromatic nitrogens is 1. The van der Waals surface area contributed by atoms with Gasteiger partial charge < -0.3 is 9.72 Å². The number of Topliss-reactive ketones (excluding diaryl/α,β-unsaturated/α-hetero) is 1. The van der Waals surface area contributed by atoms with Crippen LogP contribution in [0.15, 0.2) is 41.3 Å². The normalized spacial score (nSPS) is 15.0. The molecule has 1 saturated carbocycles. The van der Waals surface area contributed by atoms with E-state index in [1.807, 2.05) is 0 Å². The number of nitrogens with one attached hydrogen (secondary N) is 2. The van der Waals surface area contributed by atoms with Gasteiger partial charge in [0.1, 0.15) is 4.90 Å². The Kier molecular flexibility index (Phi) is 6.81. The van der Waals surface area contributed by atoms with E-state index in [2.05, 4.69) is 14.4 Å². The largest absolute Gasteiger partial charge is 0.463 e. The number of rotatable bonds is 6. The van der Waals surface area contributed by atoms with Crippen molar-refractivity contribution in [2.75, 3.05) is 7.11 Å². The van der Waals surface area contributed by atoms with Crippen molar-refractivity contribution in [3.8, 4) is 11.3 Å². The van der Waals surface area contributed by atoms with Crippen molar-refractivity contribution in [1.29, 1.82) is 0 Å². The van der Waals surface area contributed by atoms with Crippen molar-refractivity contribution in [2.24, 2.45) is 0 Å². The molecule has 174 valence electrons. The van der Waals surface area contributed by atoms with Crippen molar-refractivity contribution >= 4 is 55.9 Å². The van der Waals surface area contributed by atoms with Gasteiger partial charge in [-0.05, 0) is 31.0 Å². The smallest absolute Gasteiger partial charge is 0.379 e. The molecule has 0 amide bonds. The van der Waals surface area contributed by atoms with Crippen LogP contribution in [0.3, 0.4) is 0 Å². The molecule has 0 spiro atoms. The zero-order valence-corrected chi connectivity index (χ0v) is 20.1. The van der Waals surface area contributed by atoms with Gasteiger partial charge in [-0.25, -0.2) is 17.9 Å². The molecule has 33 heavy (non-hydrogen) atoms. The first kappa shape index (κ1) is 23.8. The second-order valence-electron chi connectivity index (χ2n) is 7.96. The summed E-state index contributed by atoms with van der Waals surface area (Å²) in [6.45, 7) is 0. The van der Waals surface area contributed by atoms with Gasteiger partial charge in [0.2, 0.25) is 10.0 Å². The number of carbonyl (C=O) groups excluding carboxylic acids is 2. The third kappa shape index (κ3) is 4.66. The number of fused-ring (bicyclic) bond motifs is 1. The summed E-state index contributed by atoms with van der Waals surface area (Å²) in [7, 11) is -2.80. The third-order valence-electron chi connectivity index (χ3n) is 5.82. The van der Waals surface area contributed by atoms with Crippen LogP contribution < -0.4 is 4.72 Å². The quantitative estimate of drug-likeness (QED) is 0.273. The number of hydrogen-bond acceptors (Lipinski definition) is 5. The number of ketones is 1. The molecule has 0 bridgehead atoms. The Morgan fingerprint density at radius 1 is 1.06 bits per heavy atom. The van der Waals surface area contributed by atoms with E-state index in [-0.39, 0.29) is 27.2 Å². The van der Waals surface area contributed by atoms with E-state index < -0.39 is 21.8 Å². The highest BCUT2D eigenvalue weighted by atomic mass is 35.5. The monoisotopic (exact) mass is 508 g/mol. The summed E-state index contributed by atoms with van der Waals surface area (Å²) >= 11 is 12.6. The molecule has 1 heterocycles. The van der Waals surface area contributed by atoms with Gasteiger partial charge in [0.15, 0.2) is 0 Å². The van der Waals surface area contributed by atoms with Crippen LogP contribution in [0.5, 0.6) is 0 Å². The molecule has 3 aromatic rings. The highest BCUT2D eigenvalue weighted by Gasteiger charge is 2.29. The molecular formula is C23H22Cl2N2O5S. The summed E-state index contributed by atoms with van der Waals surface area (Å²) in [5, 5.41) is 0.822. The summed E-state index contributed by atoms with van der Waals surface area (Å²) in [6, 6.07) is 9.22. The van der Waals surface area contributed by atoms with E-state index in [4.69, 9.17) is 23.2 Å². The third-order valence-corrected chi connectivity index (χ3v) is 8.13. The molecule has 10 heteroatoms. The predicted octanol–water partition coefficient (Wildman–Crippen LogP) is 5.11. The number of methoxy groups -OCH3 is 1. The van der Waals surface area contributed by atoms with Gasteiger partial charge in [-0.3, -0.25) is 4.79 Å². The van der Waals surface area contributed by atoms with E-state index in [1.165, 1.54) is 12.1 Å². The van der Waals surface area contributed by atoms with Crippen LogP contribution in [0.25, 0.3) is 22.2 Å². The van der Waals surface area contributed by atoms with Gasteiger partial charge in [-0.15, -0.1) is 0 Å². The number of hydrogen-bond donors (Lipinski definition) is 2. The van der Waals surface area contributed by atoms with E-state index in [1.54, 1.807) is 24.3 Å². The summed E-state index contributed by atoms with van der Waals surface area (Å²) < 4.78 is 33.6. The molecule has 0 saturated heterocycles. The molecule has 2 N–H and O–H groups in total. The standard InChI is InChI=1S/C23H22Cl2N2O5S/c1-32-23(29)22(28)19-15-8-5-9-17(25)21(15)26-20(19)13-10-11-16(24)18(12-13)33(30,31)27-14-6-3-2-4-7-14/h5,8-12,14,26-27H,2-4,6-7H2,1H3. The minimum atomic E-state index is -3.91. The SMILES string of the molecule is COC(=O)C(=O)c1c(-c2ccc(Cl)c(S(=O)(=O)NC3CCCCC3)c2)[nH]c2c(Cl)cccc12. The highest BCUT2D eigenvalue weighted by Crippen LogP contribution is 2.36. The van der Waals surface area contributed by atoms with E-state index in [9.17, 15) is 18.0 Å². The molecule has 2 aromatic carbocycles. The van der Waals surface area contributed by atoms with Crippen molar-refractivity contribution in [2.45, 2.75) is 43.0 Å². The highest BCUT2D eigenvalue weighted by molar-refractivity contribution is 7.89. The maximum atomic E-state index is 13.1. The zero-order valence-electron chi connectivity index (χ0n) is 17.8. The molecule has 7 nitrogen and oxygen atoms in total. The number of esters is 1. The maximum Gasteiger partial charge on any atom is 0.379 e. The lowest BCUT2D eigenvalue weighted by Crippen LogP contribution is -2.36. The number of para-hydroxylation sites is 1. The van der Waals surface area contributed by atoms with Gasteiger partial charge in [0.05, 0.1) is 33.9 Å². The number of sulfonamides is 1. The lowest BCUT2D eigenvalue weighted by atomic mass is 9.96. The van der Waals surface area contributed by atoms with Crippen LogP contribution in [0.4, 0.5) is 0 Å². The van der Waals surface area contributed by atoms with Gasteiger partial charge in [-0.1, -0.05) is 60.7 Å². The van der Waals surface area contributed by atoms with Crippen molar-refractivity contribution in [3.63, 3.8) is 0 Å². The second-order valence-corrected chi connectivity index (χ2v) is 10.5.